The van der Waals surface area contributed by atoms with Crippen LogP contribution in [0.5, 0.6) is 0 Å². The van der Waals surface area contributed by atoms with Crippen molar-refractivity contribution in [1.29, 1.82) is 0 Å². The van der Waals surface area contributed by atoms with E-state index in [2.05, 4.69) is 40.5 Å². The molecular weight excluding hydrogens is 240 g/mol. The van der Waals surface area contributed by atoms with Crippen molar-refractivity contribution in [3.63, 3.8) is 0 Å². The van der Waals surface area contributed by atoms with Crippen molar-refractivity contribution in [2.45, 2.75) is 0 Å². The van der Waals surface area contributed by atoms with Gasteiger partial charge in [-0.15, -0.1) is 0 Å². The second-order valence-electron chi connectivity index (χ2n) is 4.03. The Hall–Kier alpha value is 0.0300. The van der Waals surface area contributed by atoms with E-state index in [9.17, 15) is 0 Å². The maximum absolute atomic E-state index is 3.36. The van der Waals surface area contributed by atoms with Gasteiger partial charge in [0.05, 0.1) is 40.0 Å². The number of rotatable bonds is 0. The molecular formula is C8H22N8S. The lowest BCUT2D eigenvalue weighted by atomic mass is 10.7. The molecule has 9 heteroatoms. The van der Waals surface area contributed by atoms with E-state index in [-0.39, 0.29) is 0 Å². The topological polar surface area (TPSA) is 78.7 Å². The Morgan fingerprint density at radius 3 is 1.41 bits per heavy atom. The summed E-state index contributed by atoms with van der Waals surface area (Å²) in [5.74, 6) is 0. The lowest BCUT2D eigenvalue weighted by molar-refractivity contribution is 0.187. The zero-order valence-electron chi connectivity index (χ0n) is 9.96. The Morgan fingerprint density at radius 2 is 1.00 bits per heavy atom. The van der Waals surface area contributed by atoms with Gasteiger partial charge in [-0.3, -0.25) is 31.1 Å². The monoisotopic (exact) mass is 262 g/mol. The molecule has 2 bridgehead atoms. The van der Waals surface area contributed by atoms with Crippen LogP contribution in [0.25, 0.3) is 0 Å². The van der Waals surface area contributed by atoms with Crippen molar-refractivity contribution in [1.82, 2.24) is 40.5 Å². The van der Waals surface area contributed by atoms with E-state index in [1.807, 2.05) is 0 Å². The predicted octanol–water partition coefficient (Wildman–Crippen LogP) is -2.62. The second-order valence-corrected chi connectivity index (χ2v) is 4.82. The van der Waals surface area contributed by atoms with Gasteiger partial charge in [-0.25, -0.2) is 9.44 Å². The summed E-state index contributed by atoms with van der Waals surface area (Å²) in [6, 6.07) is 0. The van der Waals surface area contributed by atoms with Crippen LogP contribution in [-0.2, 0) is 0 Å². The summed E-state index contributed by atoms with van der Waals surface area (Å²) in [6.45, 7) is 6.72. The standard InChI is InChI=1S/C8H22N8S/c1-9-3-15-5-11-2-12-6-16(4-10-1)8-14-17-13-7-15/h9-14H,1-8H2. The summed E-state index contributed by atoms with van der Waals surface area (Å²) in [5.41, 5.74) is 0. The summed E-state index contributed by atoms with van der Waals surface area (Å²) in [4.78, 5) is 4.53. The molecule has 8 nitrogen and oxygen atoms in total. The van der Waals surface area contributed by atoms with Crippen LogP contribution >= 0.6 is 12.1 Å². The molecule has 0 atom stereocenters. The molecule has 3 rings (SSSR count). The highest BCUT2D eigenvalue weighted by atomic mass is 32.2. The highest BCUT2D eigenvalue weighted by Gasteiger charge is 2.09. The van der Waals surface area contributed by atoms with Gasteiger partial charge in [0.1, 0.15) is 0 Å². The Labute approximate surface area is 106 Å². The highest BCUT2D eigenvalue weighted by molar-refractivity contribution is 7.95. The van der Waals surface area contributed by atoms with Gasteiger partial charge in [0.15, 0.2) is 0 Å². The lowest BCUT2D eigenvalue weighted by Gasteiger charge is -2.29. The Kier molecular flexibility index (Phi) is 6.48. The number of hydrogen-bond acceptors (Lipinski definition) is 9. The molecule has 0 unspecified atom stereocenters. The third-order valence-corrected chi connectivity index (χ3v) is 3.11. The fourth-order valence-electron chi connectivity index (χ4n) is 1.67. The molecule has 0 aromatic carbocycles. The van der Waals surface area contributed by atoms with Crippen LogP contribution in [-0.4, -0.2) is 63.1 Å². The van der Waals surface area contributed by atoms with Crippen LogP contribution in [0.3, 0.4) is 0 Å². The van der Waals surface area contributed by atoms with E-state index in [1.54, 1.807) is 12.1 Å². The van der Waals surface area contributed by atoms with Crippen molar-refractivity contribution in [2.75, 3.05) is 53.3 Å². The summed E-state index contributed by atoms with van der Waals surface area (Å²) >= 11 is 1.55. The van der Waals surface area contributed by atoms with E-state index < -0.39 is 0 Å². The minimum absolute atomic E-state index is 0.820. The van der Waals surface area contributed by atoms with Gasteiger partial charge in [0, 0.05) is 25.5 Å². The molecule has 0 amide bonds. The third-order valence-electron chi connectivity index (χ3n) is 2.56. The molecule has 3 aliphatic heterocycles. The van der Waals surface area contributed by atoms with Crippen LogP contribution in [0, 0.1) is 0 Å². The van der Waals surface area contributed by atoms with E-state index in [4.69, 9.17) is 0 Å². The fraction of sp³-hybridized carbons (Fsp3) is 1.00. The van der Waals surface area contributed by atoms with Crippen molar-refractivity contribution >= 4 is 12.1 Å². The van der Waals surface area contributed by atoms with Gasteiger partial charge >= 0.3 is 0 Å². The van der Waals surface area contributed by atoms with Crippen molar-refractivity contribution in [2.24, 2.45) is 0 Å². The first kappa shape index (κ1) is 13.5. The fourth-order valence-corrected chi connectivity index (χ4v) is 2.26. The number of hydrogen-bond donors (Lipinski definition) is 6. The van der Waals surface area contributed by atoms with Crippen LogP contribution < -0.4 is 30.7 Å². The molecule has 0 spiro atoms. The van der Waals surface area contributed by atoms with Crippen molar-refractivity contribution in [3.05, 3.63) is 0 Å². The average molecular weight is 262 g/mol. The predicted molar refractivity (Wildman–Crippen MR) is 69.0 cm³/mol. The first-order valence-corrected chi connectivity index (χ1v) is 6.66. The quantitative estimate of drug-likeness (QED) is 0.263. The van der Waals surface area contributed by atoms with Crippen LogP contribution in [0.1, 0.15) is 0 Å². The Morgan fingerprint density at radius 1 is 0.588 bits per heavy atom. The SMILES string of the molecule is C1NCN2CNCNCN(CN1)CNSNC2. The van der Waals surface area contributed by atoms with Crippen LogP contribution in [0.2, 0.25) is 0 Å². The molecule has 3 saturated heterocycles. The molecule has 0 aromatic heterocycles. The zero-order chi connectivity index (χ0) is 11.8. The van der Waals surface area contributed by atoms with Gasteiger partial charge in [0.25, 0.3) is 0 Å². The van der Waals surface area contributed by atoms with E-state index in [0.717, 1.165) is 53.3 Å². The molecule has 100 valence electrons. The van der Waals surface area contributed by atoms with Gasteiger partial charge in [-0.1, -0.05) is 0 Å². The largest absolute Gasteiger partial charge is 0.292 e. The molecule has 0 aromatic rings. The Bertz CT molecular complexity index is 155. The van der Waals surface area contributed by atoms with Gasteiger partial charge in [-0.05, 0) is 0 Å². The van der Waals surface area contributed by atoms with Crippen LogP contribution in [0.4, 0.5) is 0 Å². The highest BCUT2D eigenvalue weighted by Crippen LogP contribution is 1.91. The van der Waals surface area contributed by atoms with E-state index in [1.165, 1.54) is 0 Å². The smallest absolute Gasteiger partial charge is 0.0612 e. The van der Waals surface area contributed by atoms with Crippen molar-refractivity contribution in [3.8, 4) is 0 Å². The molecule has 6 N–H and O–H groups in total. The Balaban J connectivity index is 1.90. The summed E-state index contributed by atoms with van der Waals surface area (Å²) < 4.78 is 6.58. The van der Waals surface area contributed by atoms with Crippen LogP contribution in [0.15, 0.2) is 0 Å². The molecule has 3 heterocycles. The summed E-state index contributed by atoms with van der Waals surface area (Å²) in [7, 11) is 0. The number of nitrogens with one attached hydrogen (secondary N) is 6. The summed E-state index contributed by atoms with van der Waals surface area (Å²) in [6.07, 6.45) is 0. The molecule has 17 heavy (non-hydrogen) atoms. The first-order valence-electron chi connectivity index (χ1n) is 5.84. The molecule has 3 fully saturated rings. The lowest BCUT2D eigenvalue weighted by Crippen LogP contribution is -2.53. The molecule has 0 aliphatic carbocycles. The average Bonchev–Trinajstić information content (AvgIpc) is 2.29. The third kappa shape index (κ3) is 5.46. The van der Waals surface area contributed by atoms with Gasteiger partial charge < -0.3 is 0 Å². The first-order chi connectivity index (χ1) is 8.45. The molecule has 3 aliphatic rings. The van der Waals surface area contributed by atoms with E-state index in [0.29, 0.717) is 0 Å². The molecule has 0 saturated carbocycles. The zero-order valence-corrected chi connectivity index (χ0v) is 10.8. The van der Waals surface area contributed by atoms with Gasteiger partial charge in [0.2, 0.25) is 0 Å². The van der Waals surface area contributed by atoms with Gasteiger partial charge in [-0.2, -0.15) is 0 Å². The van der Waals surface area contributed by atoms with E-state index >= 15 is 0 Å². The van der Waals surface area contributed by atoms with Crippen molar-refractivity contribution < 1.29 is 0 Å². The molecule has 0 radical (unpaired) electrons. The second kappa shape index (κ2) is 8.19. The number of fused-ring (bicyclic) bond motifs is 12. The maximum Gasteiger partial charge on any atom is 0.0612 e. The normalized spacial score (nSPS) is 33.9. The maximum atomic E-state index is 3.36. The number of nitrogens with zero attached hydrogens (tertiary/aromatic N) is 2. The summed E-state index contributed by atoms with van der Waals surface area (Å²) in [5, 5.41) is 13.5. The minimum atomic E-state index is 0.820. The minimum Gasteiger partial charge on any atom is -0.292 e.